The molecule has 11 heteroatoms. The number of halogens is 2. The Morgan fingerprint density at radius 3 is 2.47 bits per heavy atom. The molecule has 178 valence electrons. The van der Waals surface area contributed by atoms with Crippen LogP contribution in [-0.2, 0) is 14.8 Å². The van der Waals surface area contributed by atoms with E-state index in [9.17, 15) is 18.3 Å². The van der Waals surface area contributed by atoms with Gasteiger partial charge in [-0.3, -0.25) is 4.79 Å². The van der Waals surface area contributed by atoms with Crippen molar-refractivity contribution >= 4 is 44.8 Å². The van der Waals surface area contributed by atoms with E-state index in [0.29, 0.717) is 45.9 Å². The van der Waals surface area contributed by atoms with Crippen LogP contribution >= 0.6 is 23.2 Å². The zero-order valence-electron chi connectivity index (χ0n) is 17.6. The van der Waals surface area contributed by atoms with E-state index in [1.807, 2.05) is 0 Å². The molecular formula is C23H20Cl2N2O6S. The van der Waals surface area contributed by atoms with Crippen molar-refractivity contribution in [2.45, 2.75) is 11.0 Å². The van der Waals surface area contributed by atoms with Crippen LogP contribution in [0, 0.1) is 0 Å². The molecule has 1 aliphatic rings. The third-order valence-electron chi connectivity index (χ3n) is 5.03. The van der Waals surface area contributed by atoms with E-state index in [1.54, 1.807) is 30.3 Å². The molecule has 3 aromatic rings. The number of aliphatic hydroxyl groups is 1. The fourth-order valence-corrected chi connectivity index (χ4v) is 4.78. The van der Waals surface area contributed by atoms with Gasteiger partial charge in [-0.05, 0) is 36.4 Å². The summed E-state index contributed by atoms with van der Waals surface area (Å²) in [5.41, 5.74) is 1.00. The normalized spacial score (nSPS) is 13.9. The molecule has 34 heavy (non-hydrogen) atoms. The molecule has 0 aromatic heterocycles. The lowest BCUT2D eigenvalue weighted by Gasteiger charge is -2.19. The summed E-state index contributed by atoms with van der Waals surface area (Å²) in [4.78, 5) is 12.5. The molecule has 0 saturated carbocycles. The van der Waals surface area contributed by atoms with Gasteiger partial charge in [-0.2, -0.15) is 0 Å². The predicted octanol–water partition coefficient (Wildman–Crippen LogP) is 3.76. The summed E-state index contributed by atoms with van der Waals surface area (Å²) >= 11 is 12.3. The smallest absolute Gasteiger partial charge is 0.241 e. The molecule has 1 amide bonds. The average molecular weight is 523 g/mol. The molecular weight excluding hydrogens is 503 g/mol. The van der Waals surface area contributed by atoms with Gasteiger partial charge in [0, 0.05) is 32.9 Å². The fraction of sp³-hybridized carbons (Fsp3) is 0.174. The molecule has 0 bridgehead atoms. The number of aliphatic hydroxyl groups excluding tert-OH is 1. The van der Waals surface area contributed by atoms with Crippen molar-refractivity contribution in [3.63, 3.8) is 0 Å². The molecule has 0 aliphatic carbocycles. The van der Waals surface area contributed by atoms with Gasteiger partial charge in [-0.25, -0.2) is 13.1 Å². The Bertz CT molecular complexity index is 1330. The van der Waals surface area contributed by atoms with Crippen LogP contribution in [0.5, 0.6) is 11.5 Å². The van der Waals surface area contributed by atoms with E-state index in [-0.39, 0.29) is 10.6 Å². The highest BCUT2D eigenvalue weighted by atomic mass is 35.5. The van der Waals surface area contributed by atoms with Crippen LogP contribution in [0.4, 0.5) is 5.69 Å². The molecule has 0 radical (unpaired) electrons. The zero-order valence-corrected chi connectivity index (χ0v) is 20.0. The van der Waals surface area contributed by atoms with Gasteiger partial charge in [-0.1, -0.05) is 41.4 Å². The molecule has 1 aliphatic heterocycles. The molecule has 1 heterocycles. The van der Waals surface area contributed by atoms with E-state index in [0.717, 1.165) is 0 Å². The van der Waals surface area contributed by atoms with E-state index >= 15 is 0 Å². The van der Waals surface area contributed by atoms with Crippen LogP contribution in [0.1, 0.15) is 17.2 Å². The highest BCUT2D eigenvalue weighted by Gasteiger charge is 2.22. The third-order valence-corrected chi connectivity index (χ3v) is 7.01. The number of amides is 1. The van der Waals surface area contributed by atoms with Crippen LogP contribution < -0.4 is 19.5 Å². The minimum Gasteiger partial charge on any atom is -0.486 e. The number of nitrogens with one attached hydrogen (secondary N) is 2. The van der Waals surface area contributed by atoms with E-state index < -0.39 is 28.6 Å². The SMILES string of the molecule is O=C(CNS(=O)(=O)c1ccc2c(c1)OCCO2)Nc1ccc(Cl)cc1C(O)c1ccccc1Cl. The number of sulfonamides is 1. The first kappa shape index (κ1) is 24.3. The van der Waals surface area contributed by atoms with Crippen molar-refractivity contribution in [2.75, 3.05) is 25.1 Å². The van der Waals surface area contributed by atoms with Gasteiger partial charge in [0.25, 0.3) is 0 Å². The molecule has 3 aromatic carbocycles. The topological polar surface area (TPSA) is 114 Å². The number of carbonyl (C=O) groups is 1. The summed E-state index contributed by atoms with van der Waals surface area (Å²) in [5.74, 6) is 0.129. The van der Waals surface area contributed by atoms with Crippen LogP contribution in [0.3, 0.4) is 0 Å². The third kappa shape index (κ3) is 5.45. The second kappa shape index (κ2) is 10.2. The van der Waals surface area contributed by atoms with Gasteiger partial charge >= 0.3 is 0 Å². The van der Waals surface area contributed by atoms with Crippen LogP contribution in [0.2, 0.25) is 10.0 Å². The number of ether oxygens (including phenoxy) is 2. The van der Waals surface area contributed by atoms with Gasteiger partial charge in [-0.15, -0.1) is 0 Å². The van der Waals surface area contributed by atoms with Gasteiger partial charge in [0.2, 0.25) is 15.9 Å². The maximum atomic E-state index is 12.7. The molecule has 1 unspecified atom stereocenters. The van der Waals surface area contributed by atoms with Crippen LogP contribution in [0.25, 0.3) is 0 Å². The summed E-state index contributed by atoms with van der Waals surface area (Å²) in [7, 11) is -4.00. The molecule has 0 spiro atoms. The van der Waals surface area contributed by atoms with Crippen molar-refractivity contribution in [1.82, 2.24) is 4.72 Å². The Balaban J connectivity index is 1.48. The first-order chi connectivity index (χ1) is 16.2. The monoisotopic (exact) mass is 522 g/mol. The largest absolute Gasteiger partial charge is 0.486 e. The Kier molecular flexibility index (Phi) is 7.30. The number of rotatable bonds is 7. The lowest BCUT2D eigenvalue weighted by molar-refractivity contribution is -0.115. The maximum Gasteiger partial charge on any atom is 0.241 e. The first-order valence-electron chi connectivity index (χ1n) is 10.2. The number of hydrogen-bond donors (Lipinski definition) is 3. The molecule has 1 atom stereocenters. The van der Waals surface area contributed by atoms with Gasteiger partial charge in [0.15, 0.2) is 11.5 Å². The number of fused-ring (bicyclic) bond motifs is 1. The van der Waals surface area contributed by atoms with Crippen molar-refractivity contribution in [3.8, 4) is 11.5 Å². The number of benzene rings is 3. The second-order valence-corrected chi connectivity index (χ2v) is 9.94. The Labute approximate surface area is 206 Å². The average Bonchev–Trinajstić information content (AvgIpc) is 2.83. The maximum absolute atomic E-state index is 12.7. The summed E-state index contributed by atoms with van der Waals surface area (Å²) in [6.45, 7) is 0.159. The minimum absolute atomic E-state index is 0.0640. The Morgan fingerprint density at radius 1 is 0.971 bits per heavy atom. The highest BCUT2D eigenvalue weighted by Crippen LogP contribution is 2.34. The van der Waals surface area contributed by atoms with Gasteiger partial charge in [0.05, 0.1) is 11.4 Å². The highest BCUT2D eigenvalue weighted by molar-refractivity contribution is 7.89. The van der Waals surface area contributed by atoms with Crippen LogP contribution in [0.15, 0.2) is 65.6 Å². The number of anilines is 1. The lowest BCUT2D eigenvalue weighted by Crippen LogP contribution is -2.33. The molecule has 4 rings (SSSR count). The molecule has 0 saturated heterocycles. The Hall–Kier alpha value is -2.82. The lowest BCUT2D eigenvalue weighted by atomic mass is 9.99. The summed E-state index contributed by atoms with van der Waals surface area (Å²) in [6.07, 6.45) is -1.17. The summed E-state index contributed by atoms with van der Waals surface area (Å²) in [6, 6.07) is 15.5. The van der Waals surface area contributed by atoms with E-state index in [2.05, 4.69) is 10.0 Å². The Morgan fingerprint density at radius 2 is 1.71 bits per heavy atom. The van der Waals surface area contributed by atoms with Crippen molar-refractivity contribution < 1.29 is 27.8 Å². The molecule has 3 N–H and O–H groups in total. The number of carbonyl (C=O) groups excluding carboxylic acids is 1. The second-order valence-electron chi connectivity index (χ2n) is 7.33. The van der Waals surface area contributed by atoms with Crippen molar-refractivity contribution in [2.24, 2.45) is 0 Å². The number of hydrogen-bond acceptors (Lipinski definition) is 6. The summed E-state index contributed by atoms with van der Waals surface area (Å²) < 4.78 is 38.4. The van der Waals surface area contributed by atoms with Crippen LogP contribution in [-0.4, -0.2) is 39.2 Å². The van der Waals surface area contributed by atoms with Gasteiger partial charge < -0.3 is 19.9 Å². The first-order valence-corrected chi connectivity index (χ1v) is 12.4. The molecule has 0 fully saturated rings. The fourth-order valence-electron chi connectivity index (χ4n) is 3.37. The predicted molar refractivity (Wildman–Crippen MR) is 128 cm³/mol. The van der Waals surface area contributed by atoms with E-state index in [4.69, 9.17) is 32.7 Å². The quantitative estimate of drug-likeness (QED) is 0.435. The standard InChI is InChI=1S/C23H20Cl2N2O6S/c24-14-5-7-19(17(11-14)23(29)16-3-1-2-4-18(16)25)27-22(28)13-26-34(30,31)15-6-8-20-21(12-15)33-10-9-32-20/h1-8,11-12,23,26,29H,9-10,13H2,(H,27,28). The van der Waals surface area contributed by atoms with Crippen molar-refractivity contribution in [3.05, 3.63) is 81.8 Å². The van der Waals surface area contributed by atoms with Crippen molar-refractivity contribution in [1.29, 1.82) is 0 Å². The van der Waals surface area contributed by atoms with Gasteiger partial charge in [0.1, 0.15) is 19.3 Å². The molecule has 8 nitrogen and oxygen atoms in total. The van der Waals surface area contributed by atoms with E-state index in [1.165, 1.54) is 30.3 Å². The summed E-state index contributed by atoms with van der Waals surface area (Å²) in [5, 5.41) is 14.2. The minimum atomic E-state index is -4.00. The zero-order chi connectivity index (χ0) is 24.3.